The fourth-order valence-corrected chi connectivity index (χ4v) is 1.59. The first-order valence-corrected chi connectivity index (χ1v) is 4.98. The Balaban J connectivity index is 3.52. The first-order valence-electron chi connectivity index (χ1n) is 4.60. The van der Waals surface area contributed by atoms with Crippen LogP contribution in [0.4, 0.5) is 11.4 Å². The van der Waals surface area contributed by atoms with Gasteiger partial charge in [-0.25, -0.2) is 0 Å². The van der Waals surface area contributed by atoms with Crippen LogP contribution in [0.15, 0.2) is 12.1 Å². The molecule has 1 N–H and O–H groups in total. The SMILES string of the molecule is CC(C(=O)O)c1cc(Cl)c([N+](=O)[O-])cc1[N+](=O)[O-]. The van der Waals surface area contributed by atoms with Gasteiger partial charge in [-0.05, 0) is 13.0 Å². The van der Waals surface area contributed by atoms with E-state index in [9.17, 15) is 25.0 Å². The zero-order chi connectivity index (χ0) is 14.0. The normalized spacial score (nSPS) is 11.9. The van der Waals surface area contributed by atoms with Crippen LogP contribution >= 0.6 is 11.6 Å². The lowest BCUT2D eigenvalue weighted by Crippen LogP contribution is -2.10. The van der Waals surface area contributed by atoms with E-state index in [0.29, 0.717) is 6.07 Å². The smallest absolute Gasteiger partial charge is 0.310 e. The molecule has 0 aliphatic heterocycles. The van der Waals surface area contributed by atoms with Crippen molar-refractivity contribution in [2.45, 2.75) is 12.8 Å². The number of aliphatic carboxylic acids is 1. The maximum Gasteiger partial charge on any atom is 0.310 e. The highest BCUT2D eigenvalue weighted by Crippen LogP contribution is 2.35. The van der Waals surface area contributed by atoms with Crippen LogP contribution in [0.1, 0.15) is 18.4 Å². The van der Waals surface area contributed by atoms with Crippen LogP contribution in [0.2, 0.25) is 5.02 Å². The summed E-state index contributed by atoms with van der Waals surface area (Å²) in [5, 5.41) is 29.8. The average molecular weight is 275 g/mol. The van der Waals surface area contributed by atoms with Gasteiger partial charge in [-0.2, -0.15) is 0 Å². The standard InChI is InChI=1S/C9H7ClN2O6/c1-4(9(13)14)5-2-6(10)8(12(17)18)3-7(5)11(15)16/h2-4H,1H3,(H,13,14). The van der Waals surface area contributed by atoms with Crippen LogP contribution in [0.5, 0.6) is 0 Å². The van der Waals surface area contributed by atoms with E-state index in [2.05, 4.69) is 0 Å². The van der Waals surface area contributed by atoms with E-state index in [1.807, 2.05) is 0 Å². The van der Waals surface area contributed by atoms with Gasteiger partial charge in [0.05, 0.1) is 21.8 Å². The Hall–Kier alpha value is -2.22. The first-order chi connectivity index (χ1) is 8.25. The van der Waals surface area contributed by atoms with Gasteiger partial charge in [-0.3, -0.25) is 25.0 Å². The molecule has 1 aromatic rings. The minimum absolute atomic E-state index is 0.178. The molecule has 1 rings (SSSR count). The maximum atomic E-state index is 10.8. The van der Waals surface area contributed by atoms with Crippen molar-refractivity contribution in [2.24, 2.45) is 0 Å². The Morgan fingerprint density at radius 3 is 2.17 bits per heavy atom. The molecule has 9 heteroatoms. The van der Waals surface area contributed by atoms with Crippen LogP contribution in [-0.2, 0) is 4.79 Å². The maximum absolute atomic E-state index is 10.8. The molecule has 0 fully saturated rings. The molecular weight excluding hydrogens is 268 g/mol. The molecule has 0 heterocycles. The topological polar surface area (TPSA) is 124 Å². The van der Waals surface area contributed by atoms with Crippen molar-refractivity contribution in [3.63, 3.8) is 0 Å². The van der Waals surface area contributed by atoms with Crippen molar-refractivity contribution >= 4 is 28.9 Å². The molecule has 0 bridgehead atoms. The molecule has 1 aromatic carbocycles. The van der Waals surface area contributed by atoms with Crippen LogP contribution < -0.4 is 0 Å². The van der Waals surface area contributed by atoms with E-state index in [0.717, 1.165) is 6.07 Å². The molecule has 0 radical (unpaired) electrons. The Morgan fingerprint density at radius 1 is 1.28 bits per heavy atom. The fraction of sp³-hybridized carbons (Fsp3) is 0.222. The van der Waals surface area contributed by atoms with Crippen molar-refractivity contribution in [2.75, 3.05) is 0 Å². The molecule has 0 aromatic heterocycles. The Morgan fingerprint density at radius 2 is 1.78 bits per heavy atom. The zero-order valence-electron chi connectivity index (χ0n) is 8.99. The van der Waals surface area contributed by atoms with Crippen molar-refractivity contribution in [1.29, 1.82) is 0 Å². The molecule has 0 saturated heterocycles. The summed E-state index contributed by atoms with van der Waals surface area (Å²) < 4.78 is 0. The highest BCUT2D eigenvalue weighted by atomic mass is 35.5. The largest absolute Gasteiger partial charge is 0.481 e. The number of rotatable bonds is 4. The monoisotopic (exact) mass is 274 g/mol. The summed E-state index contributed by atoms with van der Waals surface area (Å²) in [4.78, 5) is 30.4. The molecule has 8 nitrogen and oxygen atoms in total. The van der Waals surface area contributed by atoms with Gasteiger partial charge in [0.1, 0.15) is 5.02 Å². The molecule has 0 spiro atoms. The summed E-state index contributed by atoms with van der Waals surface area (Å²) in [5.41, 5.74) is -1.45. The number of hydrogen-bond acceptors (Lipinski definition) is 5. The van der Waals surface area contributed by atoms with E-state index in [4.69, 9.17) is 16.7 Å². The minimum atomic E-state index is -1.29. The van der Waals surface area contributed by atoms with Crippen LogP contribution in [0.3, 0.4) is 0 Å². The third-order valence-electron chi connectivity index (χ3n) is 2.33. The second kappa shape index (κ2) is 4.96. The third-order valence-corrected chi connectivity index (χ3v) is 2.63. The highest BCUT2D eigenvalue weighted by Gasteiger charge is 2.29. The molecule has 18 heavy (non-hydrogen) atoms. The predicted molar refractivity (Wildman–Crippen MR) is 60.8 cm³/mol. The van der Waals surface area contributed by atoms with Crippen molar-refractivity contribution in [3.05, 3.63) is 42.9 Å². The number of benzene rings is 1. The van der Waals surface area contributed by atoms with Gasteiger partial charge >= 0.3 is 5.97 Å². The lowest BCUT2D eigenvalue weighted by Gasteiger charge is -2.08. The second-order valence-corrected chi connectivity index (χ2v) is 3.84. The van der Waals surface area contributed by atoms with E-state index in [1.54, 1.807) is 0 Å². The van der Waals surface area contributed by atoms with Gasteiger partial charge in [-0.1, -0.05) is 11.6 Å². The van der Waals surface area contributed by atoms with Crippen LogP contribution in [0.25, 0.3) is 0 Å². The molecular formula is C9H7ClN2O6. The van der Waals surface area contributed by atoms with E-state index >= 15 is 0 Å². The number of nitro groups is 2. The summed E-state index contributed by atoms with van der Waals surface area (Å²) in [6.45, 7) is 1.23. The Labute approximate surface area is 105 Å². The van der Waals surface area contributed by atoms with E-state index < -0.39 is 33.1 Å². The Bertz CT molecular complexity index is 544. The van der Waals surface area contributed by atoms with Gasteiger partial charge in [0.2, 0.25) is 0 Å². The molecule has 96 valence electrons. The summed E-state index contributed by atoms with van der Waals surface area (Å²) in [5.74, 6) is -2.48. The summed E-state index contributed by atoms with van der Waals surface area (Å²) in [6, 6.07) is 1.60. The predicted octanol–water partition coefficient (Wildman–Crippen LogP) is 2.34. The Kier molecular flexibility index (Phi) is 3.82. The van der Waals surface area contributed by atoms with E-state index in [1.165, 1.54) is 6.92 Å². The number of carbonyl (C=O) groups is 1. The number of hydrogen-bond donors (Lipinski definition) is 1. The minimum Gasteiger partial charge on any atom is -0.481 e. The highest BCUT2D eigenvalue weighted by molar-refractivity contribution is 6.32. The van der Waals surface area contributed by atoms with Gasteiger partial charge in [-0.15, -0.1) is 0 Å². The quantitative estimate of drug-likeness (QED) is 0.664. The molecule has 1 atom stereocenters. The van der Waals surface area contributed by atoms with E-state index in [-0.39, 0.29) is 10.6 Å². The molecule has 0 aliphatic rings. The number of nitro benzene ring substituents is 2. The third kappa shape index (κ3) is 2.54. The summed E-state index contributed by atoms with van der Waals surface area (Å²) in [7, 11) is 0. The fourth-order valence-electron chi connectivity index (χ4n) is 1.34. The molecule has 1 unspecified atom stereocenters. The van der Waals surface area contributed by atoms with Gasteiger partial charge in [0, 0.05) is 5.56 Å². The van der Waals surface area contributed by atoms with Crippen LogP contribution in [-0.4, -0.2) is 20.9 Å². The number of carboxylic acid groups (broad SMARTS) is 1. The van der Waals surface area contributed by atoms with Gasteiger partial charge in [0.15, 0.2) is 0 Å². The summed E-state index contributed by atoms with van der Waals surface area (Å²) in [6.07, 6.45) is 0. The number of halogens is 1. The van der Waals surface area contributed by atoms with Crippen LogP contribution in [0, 0.1) is 20.2 Å². The molecule has 0 saturated carbocycles. The lowest BCUT2D eigenvalue weighted by atomic mass is 9.99. The van der Waals surface area contributed by atoms with Crippen molar-refractivity contribution in [3.8, 4) is 0 Å². The molecule has 0 aliphatic carbocycles. The number of carboxylic acids is 1. The van der Waals surface area contributed by atoms with Crippen molar-refractivity contribution < 1.29 is 19.7 Å². The molecule has 0 amide bonds. The zero-order valence-corrected chi connectivity index (χ0v) is 9.75. The van der Waals surface area contributed by atoms with Gasteiger partial charge in [0.25, 0.3) is 11.4 Å². The first kappa shape index (κ1) is 13.8. The lowest BCUT2D eigenvalue weighted by molar-refractivity contribution is -0.394. The second-order valence-electron chi connectivity index (χ2n) is 3.44. The van der Waals surface area contributed by atoms with Crippen molar-refractivity contribution in [1.82, 2.24) is 0 Å². The van der Waals surface area contributed by atoms with Gasteiger partial charge < -0.3 is 5.11 Å². The summed E-state index contributed by atoms with van der Waals surface area (Å²) >= 11 is 5.59. The number of nitrogens with zero attached hydrogens (tertiary/aromatic N) is 2. The average Bonchev–Trinajstić information content (AvgIpc) is 2.26.